The minimum Gasteiger partial charge on any atom is -0.422 e. The normalized spacial score (nSPS) is 10.4. The van der Waals surface area contributed by atoms with Crippen molar-refractivity contribution in [1.29, 1.82) is 0 Å². The number of benzene rings is 1. The van der Waals surface area contributed by atoms with Gasteiger partial charge < -0.3 is 10.1 Å². The van der Waals surface area contributed by atoms with Gasteiger partial charge in [-0.2, -0.15) is 0 Å². The zero-order chi connectivity index (χ0) is 15.2. The van der Waals surface area contributed by atoms with Gasteiger partial charge in [0.15, 0.2) is 5.75 Å². The monoisotopic (exact) mass is 308 g/mol. The molecule has 2 rings (SSSR count). The second-order valence-electron chi connectivity index (χ2n) is 4.13. The first kappa shape index (κ1) is 15.1. The molecule has 0 atom stereocenters. The number of halogens is 1. The van der Waals surface area contributed by atoms with E-state index in [1.54, 1.807) is 12.4 Å². The third kappa shape index (κ3) is 4.11. The van der Waals surface area contributed by atoms with Gasteiger partial charge in [0, 0.05) is 30.6 Å². The lowest BCUT2D eigenvalue weighted by atomic mass is 10.3. The molecular formula is C13H13ClN4O3. The van der Waals surface area contributed by atoms with Gasteiger partial charge in [-0.3, -0.25) is 10.1 Å². The lowest BCUT2D eigenvalue weighted by molar-refractivity contribution is -0.384. The van der Waals surface area contributed by atoms with Crippen LogP contribution in [-0.4, -0.2) is 21.4 Å². The lowest BCUT2D eigenvalue weighted by Crippen LogP contribution is -2.12. The van der Waals surface area contributed by atoms with Crippen LogP contribution in [0, 0.1) is 10.1 Å². The summed E-state index contributed by atoms with van der Waals surface area (Å²) in [5.41, 5.74) is 0.799. The van der Waals surface area contributed by atoms with Gasteiger partial charge >= 0.3 is 6.01 Å². The highest BCUT2D eigenvalue weighted by molar-refractivity contribution is 6.32. The fourth-order valence-corrected chi connectivity index (χ4v) is 1.69. The van der Waals surface area contributed by atoms with Gasteiger partial charge in [0.1, 0.15) is 0 Å². The molecule has 110 valence electrons. The van der Waals surface area contributed by atoms with E-state index in [0.29, 0.717) is 6.54 Å². The number of nitro benzene ring substituents is 1. The Hall–Kier alpha value is -2.25. The molecule has 1 N–H and O–H groups in total. The topological polar surface area (TPSA) is 90.2 Å². The zero-order valence-corrected chi connectivity index (χ0v) is 12.0. The first-order chi connectivity index (χ1) is 10.1. The number of nitrogens with one attached hydrogen (secondary N) is 1. The van der Waals surface area contributed by atoms with Gasteiger partial charge in [-0.05, 0) is 12.6 Å². The molecule has 1 aromatic heterocycles. The van der Waals surface area contributed by atoms with Gasteiger partial charge in [-0.15, -0.1) is 0 Å². The summed E-state index contributed by atoms with van der Waals surface area (Å²) in [4.78, 5) is 18.3. The Morgan fingerprint density at radius 2 is 2.10 bits per heavy atom. The number of non-ortho nitro benzene ring substituents is 1. The Kier molecular flexibility index (Phi) is 5.02. The molecule has 0 spiro atoms. The highest BCUT2D eigenvalue weighted by Gasteiger charge is 2.12. The third-order valence-corrected chi connectivity index (χ3v) is 2.90. The Morgan fingerprint density at radius 1 is 1.38 bits per heavy atom. The van der Waals surface area contributed by atoms with Crippen molar-refractivity contribution in [2.45, 2.75) is 13.5 Å². The molecule has 1 aromatic carbocycles. The largest absolute Gasteiger partial charge is 0.422 e. The Morgan fingerprint density at radius 3 is 2.71 bits per heavy atom. The molecule has 0 amide bonds. The Bertz CT molecular complexity index is 634. The maximum Gasteiger partial charge on any atom is 0.321 e. The fraction of sp³-hybridized carbons (Fsp3) is 0.231. The van der Waals surface area contributed by atoms with Crippen molar-refractivity contribution in [3.05, 3.63) is 51.3 Å². The van der Waals surface area contributed by atoms with E-state index in [2.05, 4.69) is 15.3 Å². The maximum absolute atomic E-state index is 10.7. The van der Waals surface area contributed by atoms with Crippen LogP contribution >= 0.6 is 11.6 Å². The Balaban J connectivity index is 2.14. The third-order valence-electron chi connectivity index (χ3n) is 2.59. The summed E-state index contributed by atoms with van der Waals surface area (Å²) >= 11 is 5.94. The molecule has 1 heterocycles. The number of ether oxygens (including phenoxy) is 1. The molecule has 0 aliphatic heterocycles. The first-order valence-corrected chi connectivity index (χ1v) is 6.61. The molecule has 8 heteroatoms. The van der Waals surface area contributed by atoms with Crippen LogP contribution in [0.5, 0.6) is 11.8 Å². The first-order valence-electron chi connectivity index (χ1n) is 6.23. The Labute approximate surface area is 126 Å². The van der Waals surface area contributed by atoms with Crippen molar-refractivity contribution in [2.75, 3.05) is 6.54 Å². The van der Waals surface area contributed by atoms with E-state index in [1.165, 1.54) is 18.2 Å². The molecule has 0 aliphatic carbocycles. The number of nitrogens with zero attached hydrogens (tertiary/aromatic N) is 3. The number of hydrogen-bond acceptors (Lipinski definition) is 6. The van der Waals surface area contributed by atoms with E-state index in [1.807, 2.05) is 6.92 Å². The molecule has 0 bridgehead atoms. The number of rotatable bonds is 6. The second kappa shape index (κ2) is 6.96. The van der Waals surface area contributed by atoms with Gasteiger partial charge in [-0.1, -0.05) is 18.5 Å². The van der Waals surface area contributed by atoms with Gasteiger partial charge in [0.05, 0.1) is 16.0 Å². The van der Waals surface area contributed by atoms with Crippen LogP contribution in [0.15, 0.2) is 30.6 Å². The quantitative estimate of drug-likeness (QED) is 0.651. The van der Waals surface area contributed by atoms with Crippen molar-refractivity contribution in [1.82, 2.24) is 15.3 Å². The predicted octanol–water partition coefficient (Wildman–Crippen LogP) is 2.94. The molecular weight excluding hydrogens is 296 g/mol. The van der Waals surface area contributed by atoms with Crippen LogP contribution in [0.4, 0.5) is 5.69 Å². The van der Waals surface area contributed by atoms with Gasteiger partial charge in [-0.25, -0.2) is 9.97 Å². The summed E-state index contributed by atoms with van der Waals surface area (Å²) in [6.07, 6.45) is 3.24. The zero-order valence-electron chi connectivity index (χ0n) is 11.2. The van der Waals surface area contributed by atoms with E-state index in [0.717, 1.165) is 12.1 Å². The van der Waals surface area contributed by atoms with E-state index < -0.39 is 4.92 Å². The number of hydrogen-bond donors (Lipinski definition) is 1. The van der Waals surface area contributed by atoms with Crippen molar-refractivity contribution in [2.24, 2.45) is 0 Å². The van der Waals surface area contributed by atoms with Gasteiger partial charge in [0.25, 0.3) is 5.69 Å². The summed E-state index contributed by atoms with van der Waals surface area (Å²) in [5, 5.41) is 14.1. The van der Waals surface area contributed by atoms with Crippen molar-refractivity contribution in [3.63, 3.8) is 0 Å². The van der Waals surface area contributed by atoms with Crippen molar-refractivity contribution in [3.8, 4) is 11.8 Å². The summed E-state index contributed by atoms with van der Waals surface area (Å²) in [6.45, 7) is 3.51. The minimum absolute atomic E-state index is 0.0812. The van der Waals surface area contributed by atoms with Crippen LogP contribution in [0.2, 0.25) is 5.02 Å². The van der Waals surface area contributed by atoms with E-state index in [-0.39, 0.29) is 22.5 Å². The molecule has 0 saturated heterocycles. The summed E-state index contributed by atoms with van der Waals surface area (Å²) in [6, 6.07) is 4.01. The fourth-order valence-electron chi connectivity index (χ4n) is 1.54. The molecule has 0 fully saturated rings. The smallest absolute Gasteiger partial charge is 0.321 e. The lowest BCUT2D eigenvalue weighted by Gasteiger charge is -2.06. The summed E-state index contributed by atoms with van der Waals surface area (Å²) in [5.74, 6) is 0.144. The highest BCUT2D eigenvalue weighted by Crippen LogP contribution is 2.31. The number of aromatic nitrogens is 2. The predicted molar refractivity (Wildman–Crippen MR) is 77.6 cm³/mol. The molecule has 21 heavy (non-hydrogen) atoms. The van der Waals surface area contributed by atoms with Crippen molar-refractivity contribution >= 4 is 17.3 Å². The SMILES string of the molecule is CCNCc1cnc(Oc2cc([N+](=O)[O-])ccc2Cl)nc1. The molecule has 2 aromatic rings. The molecule has 0 saturated carbocycles. The summed E-state index contributed by atoms with van der Waals surface area (Å²) < 4.78 is 5.38. The highest BCUT2D eigenvalue weighted by atomic mass is 35.5. The van der Waals surface area contributed by atoms with E-state index in [4.69, 9.17) is 16.3 Å². The van der Waals surface area contributed by atoms with Crippen LogP contribution in [-0.2, 0) is 6.54 Å². The van der Waals surface area contributed by atoms with Crippen LogP contribution in [0.1, 0.15) is 12.5 Å². The molecule has 0 radical (unpaired) electrons. The molecule has 0 aliphatic rings. The van der Waals surface area contributed by atoms with Crippen LogP contribution < -0.4 is 10.1 Å². The minimum atomic E-state index is -0.524. The molecule has 7 nitrogen and oxygen atoms in total. The average Bonchev–Trinajstić information content (AvgIpc) is 2.48. The second-order valence-corrected chi connectivity index (χ2v) is 4.54. The van der Waals surface area contributed by atoms with Gasteiger partial charge in [0.2, 0.25) is 0 Å². The van der Waals surface area contributed by atoms with E-state index >= 15 is 0 Å². The number of nitro groups is 1. The standard InChI is InChI=1S/C13H13ClN4O3/c1-2-15-6-9-7-16-13(17-8-9)21-12-5-10(18(19)20)3-4-11(12)14/h3-5,7-8,15H,2,6H2,1H3. The maximum atomic E-state index is 10.7. The van der Waals surface area contributed by atoms with Crippen LogP contribution in [0.25, 0.3) is 0 Å². The summed E-state index contributed by atoms with van der Waals surface area (Å²) in [7, 11) is 0. The van der Waals surface area contributed by atoms with Crippen molar-refractivity contribution < 1.29 is 9.66 Å². The molecule has 0 unspecified atom stereocenters. The van der Waals surface area contributed by atoms with E-state index in [9.17, 15) is 10.1 Å². The van der Waals surface area contributed by atoms with Crippen LogP contribution in [0.3, 0.4) is 0 Å². The average molecular weight is 309 g/mol.